The summed E-state index contributed by atoms with van der Waals surface area (Å²) in [5, 5.41) is 0. The highest BCUT2D eigenvalue weighted by molar-refractivity contribution is 6.44. The van der Waals surface area contributed by atoms with Crippen LogP contribution in [0.15, 0.2) is 30.3 Å². The zero-order valence-corrected chi connectivity index (χ0v) is 13.0. The molecule has 2 fully saturated rings. The third kappa shape index (κ3) is 3.25. The molecule has 122 valence electrons. The summed E-state index contributed by atoms with van der Waals surface area (Å²) in [5.74, 6) is -1.52. The van der Waals surface area contributed by atoms with Gasteiger partial charge < -0.3 is 4.74 Å². The minimum Gasteiger partial charge on any atom is -0.376 e. The van der Waals surface area contributed by atoms with Crippen molar-refractivity contribution in [2.75, 3.05) is 26.4 Å². The van der Waals surface area contributed by atoms with Gasteiger partial charge in [-0.1, -0.05) is 30.3 Å². The lowest BCUT2D eigenvalue weighted by molar-refractivity contribution is -0.144. The number of nitrogens with zero attached hydrogens (tertiary/aromatic N) is 3. The summed E-state index contributed by atoms with van der Waals surface area (Å²) in [5.41, 5.74) is 0.809. The van der Waals surface area contributed by atoms with Gasteiger partial charge in [0.25, 0.3) is 0 Å². The van der Waals surface area contributed by atoms with Gasteiger partial charge in [0.05, 0.1) is 25.9 Å². The highest BCUT2D eigenvalue weighted by atomic mass is 16.5. The number of amides is 4. The van der Waals surface area contributed by atoms with Crippen molar-refractivity contribution in [3.05, 3.63) is 35.9 Å². The predicted molar refractivity (Wildman–Crippen MR) is 81.1 cm³/mol. The minimum atomic E-state index is -0.764. The van der Waals surface area contributed by atoms with Gasteiger partial charge in [-0.05, 0) is 12.5 Å². The van der Waals surface area contributed by atoms with Crippen LogP contribution >= 0.6 is 0 Å². The Morgan fingerprint density at radius 1 is 1.09 bits per heavy atom. The van der Waals surface area contributed by atoms with E-state index in [1.54, 1.807) is 0 Å². The van der Waals surface area contributed by atoms with Crippen molar-refractivity contribution < 1.29 is 19.1 Å². The Balaban J connectivity index is 1.69. The molecule has 0 N–H and O–H groups in total. The van der Waals surface area contributed by atoms with Gasteiger partial charge in [0.2, 0.25) is 0 Å². The molecule has 1 atom stereocenters. The van der Waals surface area contributed by atoms with Crippen LogP contribution in [-0.4, -0.2) is 65.0 Å². The van der Waals surface area contributed by atoms with Crippen molar-refractivity contribution in [3.63, 3.8) is 0 Å². The van der Waals surface area contributed by atoms with E-state index in [2.05, 4.69) is 0 Å². The largest absolute Gasteiger partial charge is 0.376 e. The molecule has 0 aliphatic carbocycles. The molecule has 1 aromatic carbocycles. The van der Waals surface area contributed by atoms with E-state index >= 15 is 0 Å². The topological polar surface area (TPSA) is 70.2 Å². The van der Waals surface area contributed by atoms with Crippen LogP contribution in [0.25, 0.3) is 0 Å². The molecular weight excluding hydrogens is 298 g/mol. The molecule has 4 amide bonds. The number of carbonyl (C=O) groups excluding carboxylic acids is 3. The number of hydrogen-bond acceptors (Lipinski definition) is 5. The van der Waals surface area contributed by atoms with Gasteiger partial charge >= 0.3 is 17.8 Å². The number of urea groups is 1. The summed E-state index contributed by atoms with van der Waals surface area (Å²) < 4.78 is 5.44. The van der Waals surface area contributed by atoms with Crippen LogP contribution in [0.2, 0.25) is 0 Å². The number of carbonyl (C=O) groups is 3. The molecule has 0 aromatic heterocycles. The summed E-state index contributed by atoms with van der Waals surface area (Å²) in [7, 11) is 0. The number of ether oxygens (including phenoxy) is 1. The van der Waals surface area contributed by atoms with Gasteiger partial charge in [-0.25, -0.2) is 9.69 Å². The molecule has 2 saturated heterocycles. The van der Waals surface area contributed by atoms with Gasteiger partial charge in [-0.2, -0.15) is 0 Å². The average Bonchev–Trinajstić information content (AvgIpc) is 2.74. The SMILES string of the molecule is CC1CN(CN2C(=O)C(=O)N(Cc3ccccc3)C2=O)CCO1. The van der Waals surface area contributed by atoms with Crippen LogP contribution in [-0.2, 0) is 20.9 Å². The zero-order chi connectivity index (χ0) is 16.4. The van der Waals surface area contributed by atoms with E-state index in [1.807, 2.05) is 42.2 Å². The van der Waals surface area contributed by atoms with E-state index in [9.17, 15) is 14.4 Å². The van der Waals surface area contributed by atoms with Crippen molar-refractivity contribution in [3.8, 4) is 0 Å². The quantitative estimate of drug-likeness (QED) is 0.602. The van der Waals surface area contributed by atoms with Crippen LogP contribution in [0.5, 0.6) is 0 Å². The Morgan fingerprint density at radius 2 is 1.78 bits per heavy atom. The number of hydrogen-bond donors (Lipinski definition) is 0. The van der Waals surface area contributed by atoms with Crippen LogP contribution in [0, 0.1) is 0 Å². The zero-order valence-electron chi connectivity index (χ0n) is 13.0. The first kappa shape index (κ1) is 15.6. The molecule has 2 aliphatic rings. The lowest BCUT2D eigenvalue weighted by Crippen LogP contribution is -2.48. The summed E-state index contributed by atoms with van der Waals surface area (Å²) in [6.07, 6.45) is 0.0488. The molecule has 1 aromatic rings. The van der Waals surface area contributed by atoms with E-state index in [1.165, 1.54) is 0 Å². The van der Waals surface area contributed by atoms with E-state index in [0.717, 1.165) is 15.4 Å². The normalized spacial score (nSPS) is 23.0. The maximum absolute atomic E-state index is 12.4. The monoisotopic (exact) mass is 317 g/mol. The Hall–Kier alpha value is -2.25. The average molecular weight is 317 g/mol. The van der Waals surface area contributed by atoms with Gasteiger partial charge in [0, 0.05) is 13.1 Å². The molecule has 2 aliphatic heterocycles. The minimum absolute atomic E-state index is 0.0488. The van der Waals surface area contributed by atoms with E-state index < -0.39 is 17.8 Å². The molecule has 0 saturated carbocycles. The molecule has 3 rings (SSSR count). The predicted octanol–water partition coefficient (Wildman–Crippen LogP) is 0.656. The Morgan fingerprint density at radius 3 is 2.48 bits per heavy atom. The lowest BCUT2D eigenvalue weighted by Gasteiger charge is -2.32. The Kier molecular flexibility index (Phi) is 4.40. The van der Waals surface area contributed by atoms with Gasteiger partial charge in [0.1, 0.15) is 0 Å². The maximum Gasteiger partial charge on any atom is 0.335 e. The van der Waals surface area contributed by atoms with Crippen LogP contribution in [0.3, 0.4) is 0 Å². The fourth-order valence-electron chi connectivity index (χ4n) is 2.80. The highest BCUT2D eigenvalue weighted by Gasteiger charge is 2.45. The molecule has 1 unspecified atom stereocenters. The smallest absolute Gasteiger partial charge is 0.335 e. The molecule has 7 heteroatoms. The van der Waals surface area contributed by atoms with Crippen molar-refractivity contribution >= 4 is 17.8 Å². The molecule has 23 heavy (non-hydrogen) atoms. The number of benzene rings is 1. The third-order valence-electron chi connectivity index (χ3n) is 3.99. The summed E-state index contributed by atoms with van der Waals surface area (Å²) >= 11 is 0. The highest BCUT2D eigenvalue weighted by Crippen LogP contribution is 2.17. The molecule has 0 bridgehead atoms. The van der Waals surface area contributed by atoms with Crippen LogP contribution in [0.4, 0.5) is 4.79 Å². The Bertz CT molecular complexity index is 619. The second kappa shape index (κ2) is 6.47. The lowest BCUT2D eigenvalue weighted by atomic mass is 10.2. The molecule has 7 nitrogen and oxygen atoms in total. The van der Waals surface area contributed by atoms with Gasteiger partial charge in [0.15, 0.2) is 0 Å². The van der Waals surface area contributed by atoms with Crippen molar-refractivity contribution in [2.45, 2.75) is 19.6 Å². The van der Waals surface area contributed by atoms with Crippen LogP contribution in [0.1, 0.15) is 12.5 Å². The van der Waals surface area contributed by atoms with Crippen LogP contribution < -0.4 is 0 Å². The summed E-state index contributed by atoms with van der Waals surface area (Å²) in [4.78, 5) is 40.6. The summed E-state index contributed by atoms with van der Waals surface area (Å²) in [6.45, 7) is 3.99. The van der Waals surface area contributed by atoms with Gasteiger partial charge in [-0.3, -0.25) is 19.4 Å². The second-order valence-electron chi connectivity index (χ2n) is 5.79. The molecule has 0 spiro atoms. The number of rotatable bonds is 4. The first-order valence-electron chi connectivity index (χ1n) is 7.61. The number of imide groups is 2. The maximum atomic E-state index is 12.4. The van der Waals surface area contributed by atoms with Gasteiger partial charge in [-0.15, -0.1) is 0 Å². The Labute approximate surface area is 134 Å². The van der Waals surface area contributed by atoms with E-state index in [-0.39, 0.29) is 19.3 Å². The molecular formula is C16H19N3O4. The fourth-order valence-corrected chi connectivity index (χ4v) is 2.80. The van der Waals surface area contributed by atoms with Crippen molar-refractivity contribution in [1.29, 1.82) is 0 Å². The van der Waals surface area contributed by atoms with Crippen molar-refractivity contribution in [2.24, 2.45) is 0 Å². The second-order valence-corrected chi connectivity index (χ2v) is 5.79. The number of morpholine rings is 1. The molecule has 2 heterocycles. The first-order chi connectivity index (χ1) is 11.1. The summed E-state index contributed by atoms with van der Waals surface area (Å²) in [6, 6.07) is 8.59. The third-order valence-corrected chi connectivity index (χ3v) is 3.99. The van der Waals surface area contributed by atoms with Crippen molar-refractivity contribution in [1.82, 2.24) is 14.7 Å². The first-order valence-corrected chi connectivity index (χ1v) is 7.61. The standard InChI is InChI=1S/C16H19N3O4/c1-12-9-17(7-8-23-12)11-19-15(21)14(20)18(16(19)22)10-13-5-3-2-4-6-13/h2-6,12H,7-11H2,1H3. The fraction of sp³-hybridized carbons (Fsp3) is 0.438. The van der Waals surface area contributed by atoms with E-state index in [4.69, 9.17) is 4.74 Å². The molecule has 0 radical (unpaired) electrons. The van der Waals surface area contributed by atoms with E-state index in [0.29, 0.717) is 19.7 Å².